The monoisotopic (exact) mass is 405 g/mol. The molecule has 2 N–H and O–H groups in total. The highest BCUT2D eigenvalue weighted by Crippen LogP contribution is 2.66. The van der Waals surface area contributed by atoms with Crippen LogP contribution in [0.2, 0.25) is 0 Å². The lowest BCUT2D eigenvalue weighted by Crippen LogP contribution is -2.50. The molecule has 2 fully saturated rings. The molecular weight excluding hydrogens is 374 g/mol. The minimum Gasteiger partial charge on any atom is -0.411 e. The maximum absolute atomic E-state index is 12.1. The number of nitrogens with zero attached hydrogens (tertiary/aromatic N) is 1. The third-order valence-electron chi connectivity index (χ3n) is 8.84. The highest BCUT2D eigenvalue weighted by atomic mass is 16.4. The van der Waals surface area contributed by atoms with Crippen LogP contribution in [0.25, 0.3) is 0 Å². The number of oxime groups is 1. The maximum Gasteiger partial charge on any atom is 0.156 e. The smallest absolute Gasteiger partial charge is 0.156 e. The summed E-state index contributed by atoms with van der Waals surface area (Å²) in [4.78, 5) is 12.1. The molecule has 4 aliphatic rings. The van der Waals surface area contributed by atoms with Gasteiger partial charge in [-0.25, -0.2) is 0 Å². The zero-order valence-corrected chi connectivity index (χ0v) is 17.9. The summed E-state index contributed by atoms with van der Waals surface area (Å²) in [6.07, 6.45) is 9.79. The van der Waals surface area contributed by atoms with E-state index in [1.807, 2.05) is 25.1 Å². The molecule has 5 rings (SSSR count). The Morgan fingerprint density at radius 2 is 1.87 bits per heavy atom. The fourth-order valence-corrected chi connectivity index (χ4v) is 7.06. The Morgan fingerprint density at radius 3 is 2.60 bits per heavy atom. The summed E-state index contributed by atoms with van der Waals surface area (Å²) < 4.78 is 0. The van der Waals surface area contributed by atoms with Crippen LogP contribution in [-0.4, -0.2) is 27.9 Å². The minimum atomic E-state index is -0.645. The first-order valence-corrected chi connectivity index (χ1v) is 11.3. The van der Waals surface area contributed by atoms with E-state index in [1.54, 1.807) is 5.57 Å². The van der Waals surface area contributed by atoms with Crippen LogP contribution >= 0.6 is 0 Å². The molecule has 1 aromatic carbocycles. The van der Waals surface area contributed by atoms with Crippen LogP contribution in [0.4, 0.5) is 0 Å². The molecule has 0 spiro atoms. The van der Waals surface area contributed by atoms with E-state index in [9.17, 15) is 9.90 Å². The number of carbonyl (C=O) groups excluding carboxylic acids is 1. The third kappa shape index (κ3) is 2.84. The number of aliphatic hydroxyl groups is 1. The number of hydrogen-bond acceptors (Lipinski definition) is 4. The molecule has 5 atom stereocenters. The van der Waals surface area contributed by atoms with Crippen LogP contribution in [0.3, 0.4) is 0 Å². The number of rotatable bonds is 2. The van der Waals surface area contributed by atoms with Crippen LogP contribution in [0, 0.1) is 17.3 Å². The normalized spacial score (nSPS) is 38.3. The van der Waals surface area contributed by atoms with E-state index in [-0.39, 0.29) is 17.1 Å². The molecule has 0 saturated heterocycles. The summed E-state index contributed by atoms with van der Waals surface area (Å²) in [6.45, 7) is 4.35. The standard InChI is InChI=1S/C26H31NO3/c1-25-14-22(17-5-3-16(4-6-17)15-27-30)24-20-10-8-19(28)13-18(20)7-9-21(24)23(25)11-12-26(25,2)29/h3-6,13,15,21-23,29-30H,7-12,14H2,1-2H3/b27-15+/t21?,22-,23?,25+,26+/m1/s1. The lowest BCUT2D eigenvalue weighted by Gasteiger charge is -2.54. The summed E-state index contributed by atoms with van der Waals surface area (Å²) in [6, 6.07) is 8.29. The lowest BCUT2D eigenvalue weighted by atomic mass is 9.51. The Morgan fingerprint density at radius 1 is 1.10 bits per heavy atom. The molecular formula is C26H31NO3. The van der Waals surface area contributed by atoms with Crippen molar-refractivity contribution >= 4 is 12.0 Å². The topological polar surface area (TPSA) is 69.9 Å². The van der Waals surface area contributed by atoms with E-state index < -0.39 is 5.60 Å². The van der Waals surface area contributed by atoms with Gasteiger partial charge in [-0.1, -0.05) is 41.9 Å². The van der Waals surface area contributed by atoms with Gasteiger partial charge in [0.25, 0.3) is 0 Å². The highest BCUT2D eigenvalue weighted by molar-refractivity contribution is 5.93. The summed E-state index contributed by atoms with van der Waals surface area (Å²) in [5, 5.41) is 23.3. The second kappa shape index (κ2) is 6.91. The van der Waals surface area contributed by atoms with Crippen molar-refractivity contribution in [3.63, 3.8) is 0 Å². The van der Waals surface area contributed by atoms with E-state index in [0.717, 1.165) is 44.1 Å². The second-order valence-electron chi connectivity index (χ2n) is 10.2. The van der Waals surface area contributed by atoms with Gasteiger partial charge < -0.3 is 10.3 Å². The Kier molecular flexibility index (Phi) is 4.55. The van der Waals surface area contributed by atoms with Crippen molar-refractivity contribution in [3.05, 3.63) is 58.2 Å². The van der Waals surface area contributed by atoms with Crippen LogP contribution in [-0.2, 0) is 4.79 Å². The Bertz CT molecular complexity index is 968. The van der Waals surface area contributed by atoms with Crippen molar-refractivity contribution in [2.75, 3.05) is 0 Å². The molecule has 0 aliphatic heterocycles. The van der Waals surface area contributed by atoms with E-state index >= 15 is 0 Å². The van der Waals surface area contributed by atoms with E-state index in [1.165, 1.54) is 22.9 Å². The molecule has 0 heterocycles. The van der Waals surface area contributed by atoms with Gasteiger partial charge in [-0.2, -0.15) is 0 Å². The van der Waals surface area contributed by atoms with Crippen LogP contribution in [0.15, 0.2) is 52.2 Å². The van der Waals surface area contributed by atoms with Gasteiger partial charge >= 0.3 is 0 Å². The first-order valence-electron chi connectivity index (χ1n) is 11.3. The molecule has 1 aromatic rings. The van der Waals surface area contributed by atoms with Gasteiger partial charge in [-0.3, -0.25) is 4.79 Å². The van der Waals surface area contributed by atoms with Gasteiger partial charge in [0.05, 0.1) is 11.8 Å². The van der Waals surface area contributed by atoms with Gasteiger partial charge in [-0.05, 0) is 85.6 Å². The molecule has 0 amide bonds. The van der Waals surface area contributed by atoms with Gasteiger partial charge in [0.1, 0.15) is 0 Å². The average molecular weight is 406 g/mol. The third-order valence-corrected chi connectivity index (χ3v) is 8.84. The Balaban J connectivity index is 1.66. The lowest BCUT2D eigenvalue weighted by molar-refractivity contribution is -0.114. The Hall–Kier alpha value is -2.20. The van der Waals surface area contributed by atoms with Crippen LogP contribution < -0.4 is 0 Å². The molecule has 158 valence electrons. The quantitative estimate of drug-likeness (QED) is 0.406. The first-order chi connectivity index (χ1) is 14.3. The average Bonchev–Trinajstić information content (AvgIpc) is 2.97. The van der Waals surface area contributed by atoms with E-state index in [0.29, 0.717) is 18.3 Å². The molecule has 4 aliphatic carbocycles. The van der Waals surface area contributed by atoms with Gasteiger partial charge in [0.2, 0.25) is 0 Å². The minimum absolute atomic E-state index is 0.108. The zero-order chi connectivity index (χ0) is 21.1. The molecule has 0 radical (unpaired) electrons. The summed E-state index contributed by atoms with van der Waals surface area (Å²) in [5.41, 5.74) is 5.63. The molecule has 30 heavy (non-hydrogen) atoms. The molecule has 2 unspecified atom stereocenters. The van der Waals surface area contributed by atoms with Crippen molar-refractivity contribution in [3.8, 4) is 0 Å². The number of ketones is 1. The zero-order valence-electron chi connectivity index (χ0n) is 17.9. The van der Waals surface area contributed by atoms with Gasteiger partial charge in [0, 0.05) is 17.8 Å². The van der Waals surface area contributed by atoms with Crippen molar-refractivity contribution < 1.29 is 15.1 Å². The first kappa shape index (κ1) is 19.7. The van der Waals surface area contributed by atoms with Crippen molar-refractivity contribution in [1.29, 1.82) is 0 Å². The van der Waals surface area contributed by atoms with Gasteiger partial charge in [-0.15, -0.1) is 0 Å². The van der Waals surface area contributed by atoms with Crippen molar-refractivity contribution in [2.24, 2.45) is 22.4 Å². The predicted molar refractivity (Wildman–Crippen MR) is 117 cm³/mol. The Labute approximate surface area is 178 Å². The number of hydrogen-bond donors (Lipinski definition) is 2. The van der Waals surface area contributed by atoms with E-state index in [4.69, 9.17) is 5.21 Å². The predicted octanol–water partition coefficient (Wildman–Crippen LogP) is 5.15. The molecule has 0 bridgehead atoms. The SMILES string of the molecule is C[C@]1(O)CCC2C3CCC4=CC(=O)CCC4=C3[C@@H](c3ccc(/C=N/O)cc3)C[C@@]21C. The fourth-order valence-electron chi connectivity index (χ4n) is 7.06. The van der Waals surface area contributed by atoms with Gasteiger partial charge in [0.15, 0.2) is 5.78 Å². The van der Waals surface area contributed by atoms with Crippen LogP contribution in [0.5, 0.6) is 0 Å². The molecule has 0 aromatic heterocycles. The largest absolute Gasteiger partial charge is 0.411 e. The summed E-state index contributed by atoms with van der Waals surface area (Å²) in [7, 11) is 0. The van der Waals surface area contributed by atoms with Crippen molar-refractivity contribution in [2.45, 2.75) is 70.3 Å². The van der Waals surface area contributed by atoms with E-state index in [2.05, 4.69) is 24.2 Å². The molecule has 4 heteroatoms. The highest BCUT2D eigenvalue weighted by Gasteiger charge is 2.60. The summed E-state index contributed by atoms with van der Waals surface area (Å²) >= 11 is 0. The number of allylic oxidation sites excluding steroid dienone is 4. The number of carbonyl (C=O) groups is 1. The number of benzene rings is 1. The number of fused-ring (bicyclic) bond motifs is 4. The fraction of sp³-hybridized carbons (Fsp3) is 0.538. The second-order valence-corrected chi connectivity index (χ2v) is 10.2. The molecule has 2 saturated carbocycles. The van der Waals surface area contributed by atoms with Crippen LogP contribution in [0.1, 0.15) is 75.8 Å². The van der Waals surface area contributed by atoms with Crippen molar-refractivity contribution in [1.82, 2.24) is 0 Å². The maximum atomic E-state index is 12.1. The summed E-state index contributed by atoms with van der Waals surface area (Å²) in [5.74, 6) is 1.52. The molecule has 4 nitrogen and oxygen atoms in total.